The molecule has 0 aliphatic rings. The third-order valence-corrected chi connectivity index (χ3v) is 1.97. The maximum Gasteiger partial charge on any atom is 0.305 e. The van der Waals surface area contributed by atoms with Crippen LogP contribution in [0.1, 0.15) is 19.8 Å². The number of rotatable bonds is 5. The summed E-state index contributed by atoms with van der Waals surface area (Å²) in [6.07, 6.45) is 0.321. The molecular formula is C6H13NO4S. The van der Waals surface area contributed by atoms with Crippen LogP contribution in [0, 0.1) is 0 Å². The first-order valence-corrected chi connectivity index (χ1v) is 5.33. The molecule has 72 valence electrons. The van der Waals surface area contributed by atoms with E-state index in [9.17, 15) is 13.2 Å². The van der Waals surface area contributed by atoms with Crippen molar-refractivity contribution in [2.75, 3.05) is 12.4 Å². The second-order valence-corrected chi connectivity index (χ2v) is 4.01. The maximum atomic E-state index is 10.7. The summed E-state index contributed by atoms with van der Waals surface area (Å²) in [7, 11) is -3.44. The van der Waals surface area contributed by atoms with Gasteiger partial charge in [-0.15, -0.1) is 0 Å². The molecule has 0 unspecified atom stereocenters. The molecule has 0 aromatic carbocycles. The van der Waals surface area contributed by atoms with Crippen LogP contribution in [0.4, 0.5) is 0 Å². The van der Waals surface area contributed by atoms with E-state index in [-0.39, 0.29) is 24.6 Å². The van der Waals surface area contributed by atoms with Gasteiger partial charge in [-0.2, -0.15) is 0 Å². The van der Waals surface area contributed by atoms with E-state index in [1.54, 1.807) is 6.92 Å². The van der Waals surface area contributed by atoms with Crippen LogP contribution in [0.15, 0.2) is 0 Å². The van der Waals surface area contributed by atoms with Gasteiger partial charge < -0.3 is 4.74 Å². The Morgan fingerprint density at radius 3 is 2.50 bits per heavy atom. The van der Waals surface area contributed by atoms with Crippen molar-refractivity contribution >= 4 is 16.0 Å². The normalized spacial score (nSPS) is 11.2. The van der Waals surface area contributed by atoms with E-state index in [4.69, 9.17) is 5.14 Å². The smallest absolute Gasteiger partial charge is 0.305 e. The van der Waals surface area contributed by atoms with Crippen molar-refractivity contribution in [2.45, 2.75) is 19.8 Å². The zero-order chi connectivity index (χ0) is 9.61. The number of carbonyl (C=O) groups excluding carboxylic acids is 1. The topological polar surface area (TPSA) is 86.5 Å². The highest BCUT2D eigenvalue weighted by molar-refractivity contribution is 7.89. The molecule has 12 heavy (non-hydrogen) atoms. The Hall–Kier alpha value is -0.620. The Morgan fingerprint density at radius 1 is 1.50 bits per heavy atom. The summed E-state index contributed by atoms with van der Waals surface area (Å²) in [6, 6.07) is 0. The lowest BCUT2D eigenvalue weighted by atomic mass is 10.3. The first-order valence-electron chi connectivity index (χ1n) is 3.62. The lowest BCUT2D eigenvalue weighted by molar-refractivity contribution is -0.143. The number of carbonyl (C=O) groups is 1. The molecule has 0 spiro atoms. The summed E-state index contributed by atoms with van der Waals surface area (Å²) < 4.78 is 25.4. The Bertz CT molecular complexity index is 234. The molecule has 5 nitrogen and oxygen atoms in total. The van der Waals surface area contributed by atoms with Gasteiger partial charge in [0, 0.05) is 6.42 Å². The fourth-order valence-electron chi connectivity index (χ4n) is 0.651. The van der Waals surface area contributed by atoms with Crippen LogP contribution in [0.25, 0.3) is 0 Å². The first kappa shape index (κ1) is 11.4. The van der Waals surface area contributed by atoms with E-state index in [0.29, 0.717) is 6.61 Å². The van der Waals surface area contributed by atoms with Crippen LogP contribution < -0.4 is 5.14 Å². The third-order valence-electron chi connectivity index (χ3n) is 1.12. The molecule has 0 fully saturated rings. The Kier molecular flexibility index (Phi) is 4.84. The Morgan fingerprint density at radius 2 is 2.08 bits per heavy atom. The molecule has 0 saturated carbocycles. The van der Waals surface area contributed by atoms with Gasteiger partial charge in [-0.05, 0) is 13.3 Å². The van der Waals surface area contributed by atoms with Crippen LogP contribution in [0.3, 0.4) is 0 Å². The van der Waals surface area contributed by atoms with Gasteiger partial charge in [0.15, 0.2) is 0 Å². The summed E-state index contributed by atoms with van der Waals surface area (Å²) >= 11 is 0. The number of sulfonamides is 1. The summed E-state index contributed by atoms with van der Waals surface area (Å²) in [5.41, 5.74) is 0. The van der Waals surface area contributed by atoms with Gasteiger partial charge >= 0.3 is 5.97 Å². The molecule has 0 atom stereocenters. The van der Waals surface area contributed by atoms with Crippen LogP contribution >= 0.6 is 0 Å². The van der Waals surface area contributed by atoms with Crippen LogP contribution in [-0.4, -0.2) is 26.7 Å². The number of primary sulfonamides is 1. The van der Waals surface area contributed by atoms with E-state index in [2.05, 4.69) is 4.74 Å². The fraction of sp³-hybridized carbons (Fsp3) is 0.833. The largest absolute Gasteiger partial charge is 0.466 e. The van der Waals surface area contributed by atoms with Gasteiger partial charge in [0.25, 0.3) is 0 Å². The number of esters is 1. The van der Waals surface area contributed by atoms with Gasteiger partial charge in [0.1, 0.15) is 0 Å². The minimum Gasteiger partial charge on any atom is -0.466 e. The molecular weight excluding hydrogens is 182 g/mol. The van der Waals surface area contributed by atoms with Crippen LogP contribution in [0.2, 0.25) is 0 Å². The zero-order valence-corrected chi connectivity index (χ0v) is 7.76. The molecule has 2 N–H and O–H groups in total. The summed E-state index contributed by atoms with van der Waals surface area (Å²) in [5.74, 6) is -0.563. The van der Waals surface area contributed by atoms with Gasteiger partial charge in [-0.25, -0.2) is 13.6 Å². The summed E-state index contributed by atoms with van der Waals surface area (Å²) in [4.78, 5) is 10.7. The minimum absolute atomic E-state index is 0.101. The molecule has 6 heteroatoms. The minimum atomic E-state index is -3.44. The van der Waals surface area contributed by atoms with Crippen LogP contribution in [-0.2, 0) is 19.6 Å². The van der Waals surface area contributed by atoms with Gasteiger partial charge in [-0.3, -0.25) is 4.79 Å². The molecule has 0 saturated heterocycles. The standard InChI is InChI=1S/C6H13NO4S/c1-2-11-6(8)4-3-5-12(7,9)10/h2-5H2,1H3,(H2,7,9,10). The van der Waals surface area contributed by atoms with Crippen molar-refractivity contribution in [1.82, 2.24) is 0 Å². The number of nitrogens with two attached hydrogens (primary N) is 1. The lowest BCUT2D eigenvalue weighted by Crippen LogP contribution is -2.17. The molecule has 0 amide bonds. The van der Waals surface area contributed by atoms with Crippen molar-refractivity contribution in [3.63, 3.8) is 0 Å². The van der Waals surface area contributed by atoms with E-state index in [1.807, 2.05) is 0 Å². The average Bonchev–Trinajstić information content (AvgIpc) is 1.84. The highest BCUT2D eigenvalue weighted by atomic mass is 32.2. The monoisotopic (exact) mass is 195 g/mol. The summed E-state index contributed by atoms with van der Waals surface area (Å²) in [6.45, 7) is 2.01. The van der Waals surface area contributed by atoms with Gasteiger partial charge in [-0.1, -0.05) is 0 Å². The first-order chi connectivity index (χ1) is 5.45. The molecule has 0 radical (unpaired) electrons. The highest BCUT2D eigenvalue weighted by Gasteiger charge is 2.06. The van der Waals surface area contributed by atoms with Crippen molar-refractivity contribution < 1.29 is 17.9 Å². The molecule has 0 bridgehead atoms. The van der Waals surface area contributed by atoms with E-state index in [1.165, 1.54) is 0 Å². The number of hydrogen-bond donors (Lipinski definition) is 1. The third kappa shape index (κ3) is 7.49. The van der Waals surface area contributed by atoms with Crippen LogP contribution in [0.5, 0.6) is 0 Å². The predicted octanol–water partition coefficient (Wildman–Crippen LogP) is -0.382. The molecule has 0 aromatic heterocycles. The van der Waals surface area contributed by atoms with Crippen molar-refractivity contribution in [3.05, 3.63) is 0 Å². The van der Waals surface area contributed by atoms with Gasteiger partial charge in [0.05, 0.1) is 12.4 Å². The molecule has 0 rings (SSSR count). The fourth-order valence-corrected chi connectivity index (χ4v) is 1.20. The zero-order valence-electron chi connectivity index (χ0n) is 6.95. The molecule has 0 aromatic rings. The van der Waals surface area contributed by atoms with Crippen molar-refractivity contribution in [3.8, 4) is 0 Å². The SMILES string of the molecule is CCOC(=O)CCCS(N)(=O)=O. The summed E-state index contributed by atoms with van der Waals surface area (Å²) in [5, 5.41) is 4.72. The lowest BCUT2D eigenvalue weighted by Gasteiger charge is -1.99. The molecule has 0 heterocycles. The maximum absolute atomic E-state index is 10.7. The number of hydrogen-bond acceptors (Lipinski definition) is 4. The van der Waals surface area contributed by atoms with E-state index in [0.717, 1.165) is 0 Å². The number of ether oxygens (including phenoxy) is 1. The Balaban J connectivity index is 3.51. The molecule has 0 aliphatic carbocycles. The van der Waals surface area contributed by atoms with Gasteiger partial charge in [0.2, 0.25) is 10.0 Å². The van der Waals surface area contributed by atoms with Crippen molar-refractivity contribution in [1.29, 1.82) is 0 Å². The second kappa shape index (κ2) is 5.10. The second-order valence-electron chi connectivity index (χ2n) is 2.28. The van der Waals surface area contributed by atoms with E-state index < -0.39 is 10.0 Å². The quantitative estimate of drug-likeness (QED) is 0.606. The van der Waals surface area contributed by atoms with Crippen molar-refractivity contribution in [2.24, 2.45) is 5.14 Å². The highest BCUT2D eigenvalue weighted by Crippen LogP contribution is 1.94. The molecule has 0 aliphatic heterocycles. The predicted molar refractivity (Wildman–Crippen MR) is 43.8 cm³/mol. The van der Waals surface area contributed by atoms with E-state index >= 15 is 0 Å². The Labute approximate surface area is 71.9 Å². The average molecular weight is 195 g/mol.